The number of methoxy groups -OCH3 is 1. The maximum absolute atomic E-state index is 12.7. The van der Waals surface area contributed by atoms with Gasteiger partial charge in [-0.2, -0.15) is 0 Å². The van der Waals surface area contributed by atoms with Gasteiger partial charge in [0.1, 0.15) is 0 Å². The first kappa shape index (κ1) is 18.5. The molecule has 0 aromatic heterocycles. The quantitative estimate of drug-likeness (QED) is 0.568. The van der Waals surface area contributed by atoms with Crippen LogP contribution >= 0.6 is 0 Å². The van der Waals surface area contributed by atoms with Gasteiger partial charge in [0, 0.05) is 5.92 Å². The van der Waals surface area contributed by atoms with Gasteiger partial charge < -0.3 is 9.47 Å². The molecule has 5 atom stereocenters. The molecule has 3 aliphatic rings. The molecule has 25 heavy (non-hydrogen) atoms. The highest BCUT2D eigenvalue weighted by atomic mass is 16.5. The Balaban J connectivity index is 1.95. The number of hydrogen-bond acceptors (Lipinski definition) is 4. The number of rotatable bonds is 3. The van der Waals surface area contributed by atoms with Crippen molar-refractivity contribution in [2.45, 2.75) is 59.3 Å². The predicted molar refractivity (Wildman–Crippen MR) is 95.7 cm³/mol. The van der Waals surface area contributed by atoms with Crippen molar-refractivity contribution in [2.75, 3.05) is 13.7 Å². The Morgan fingerprint density at radius 2 is 2.00 bits per heavy atom. The van der Waals surface area contributed by atoms with Crippen LogP contribution < -0.4 is 0 Å². The monoisotopic (exact) mass is 348 g/mol. The Bertz CT molecular complexity index is 578. The summed E-state index contributed by atoms with van der Waals surface area (Å²) in [7, 11) is 1.40. The Morgan fingerprint density at radius 1 is 1.28 bits per heavy atom. The molecule has 3 fully saturated rings. The molecule has 1 heterocycles. The zero-order valence-corrected chi connectivity index (χ0v) is 16.1. The van der Waals surface area contributed by atoms with Crippen LogP contribution in [-0.4, -0.2) is 25.7 Å². The largest absolute Gasteiger partial charge is 0.469 e. The van der Waals surface area contributed by atoms with Gasteiger partial charge in [0.2, 0.25) is 0 Å². The summed E-state index contributed by atoms with van der Waals surface area (Å²) >= 11 is 0. The van der Waals surface area contributed by atoms with Crippen LogP contribution in [0.3, 0.4) is 0 Å². The minimum Gasteiger partial charge on any atom is -0.469 e. The Kier molecular flexibility index (Phi) is 4.76. The highest BCUT2D eigenvalue weighted by molar-refractivity contribution is 5.78. The lowest BCUT2D eigenvalue weighted by atomic mass is 9.60. The fraction of sp³-hybridized carbons (Fsp3) is 0.810. The van der Waals surface area contributed by atoms with Gasteiger partial charge >= 0.3 is 11.9 Å². The molecule has 1 saturated heterocycles. The number of esters is 2. The number of carbonyl (C=O) groups is 2. The van der Waals surface area contributed by atoms with E-state index in [9.17, 15) is 9.59 Å². The van der Waals surface area contributed by atoms with Crippen molar-refractivity contribution in [3.63, 3.8) is 0 Å². The summed E-state index contributed by atoms with van der Waals surface area (Å²) in [5.41, 5.74) is 1.39. The third kappa shape index (κ3) is 3.02. The lowest BCUT2D eigenvalue weighted by Crippen LogP contribution is -2.42. The lowest BCUT2D eigenvalue weighted by molar-refractivity contribution is -0.145. The van der Waals surface area contributed by atoms with E-state index in [2.05, 4.69) is 27.4 Å². The van der Waals surface area contributed by atoms with Gasteiger partial charge in [-0.25, -0.2) is 0 Å². The van der Waals surface area contributed by atoms with E-state index >= 15 is 0 Å². The Morgan fingerprint density at radius 3 is 2.68 bits per heavy atom. The van der Waals surface area contributed by atoms with Gasteiger partial charge in [0.05, 0.1) is 26.1 Å². The summed E-state index contributed by atoms with van der Waals surface area (Å²) < 4.78 is 10.3. The van der Waals surface area contributed by atoms with Crippen LogP contribution in [0.25, 0.3) is 0 Å². The van der Waals surface area contributed by atoms with Gasteiger partial charge in [0.25, 0.3) is 0 Å². The molecule has 1 aliphatic heterocycles. The molecule has 3 rings (SSSR count). The smallest absolute Gasteiger partial charge is 0.309 e. The molecule has 0 spiro atoms. The van der Waals surface area contributed by atoms with Crippen molar-refractivity contribution in [1.29, 1.82) is 0 Å². The number of ether oxygens (including phenoxy) is 2. The zero-order valence-electron chi connectivity index (χ0n) is 16.1. The van der Waals surface area contributed by atoms with E-state index in [1.165, 1.54) is 25.5 Å². The molecule has 4 heteroatoms. The molecule has 0 radical (unpaired) electrons. The first-order chi connectivity index (χ1) is 11.7. The lowest BCUT2D eigenvalue weighted by Gasteiger charge is -2.43. The van der Waals surface area contributed by atoms with Crippen LogP contribution in [-0.2, 0) is 19.1 Å². The van der Waals surface area contributed by atoms with E-state index in [1.54, 1.807) is 0 Å². The molecular formula is C21H32O4. The maximum Gasteiger partial charge on any atom is 0.309 e. The van der Waals surface area contributed by atoms with Crippen molar-refractivity contribution in [3.05, 3.63) is 12.2 Å². The molecule has 0 N–H and O–H groups in total. The van der Waals surface area contributed by atoms with Crippen LogP contribution in [0.1, 0.15) is 59.3 Å². The summed E-state index contributed by atoms with van der Waals surface area (Å²) in [6.45, 7) is 11.7. The topological polar surface area (TPSA) is 52.6 Å². The number of allylic oxidation sites excluding steroid dienone is 1. The second kappa shape index (κ2) is 6.44. The Hall–Kier alpha value is -1.32. The number of fused-ring (bicyclic) bond motifs is 1. The van der Waals surface area contributed by atoms with Gasteiger partial charge in [-0.3, -0.25) is 9.59 Å². The molecule has 0 aromatic carbocycles. The predicted octanol–water partition coefficient (Wildman–Crippen LogP) is 4.14. The molecule has 0 unspecified atom stereocenters. The third-order valence-electron chi connectivity index (χ3n) is 7.40. The van der Waals surface area contributed by atoms with Crippen LogP contribution in [0.4, 0.5) is 0 Å². The maximum atomic E-state index is 12.7. The second-order valence-electron chi connectivity index (χ2n) is 9.28. The first-order valence-corrected chi connectivity index (χ1v) is 9.62. The van der Waals surface area contributed by atoms with Crippen LogP contribution in [0.2, 0.25) is 0 Å². The third-order valence-corrected chi connectivity index (χ3v) is 7.40. The number of hydrogen-bond donors (Lipinski definition) is 0. The summed E-state index contributed by atoms with van der Waals surface area (Å²) in [4.78, 5) is 24.5. The molecule has 0 aromatic rings. The van der Waals surface area contributed by atoms with Crippen LogP contribution in [0.15, 0.2) is 12.2 Å². The average Bonchev–Trinajstić information content (AvgIpc) is 3.04. The number of carbonyl (C=O) groups excluding carboxylic acids is 2. The molecule has 140 valence electrons. The molecule has 2 aliphatic carbocycles. The molecule has 0 amide bonds. The fourth-order valence-corrected chi connectivity index (χ4v) is 6.15. The standard InChI is InChI=1S/C21H32O4/c1-13-7-6-9-20(2,3)15-8-10-21(4,17(13)15)18-14(11-16(22)24-5)12-25-19(18)23/h14-15,17-18H,1,6-12H2,2-5H3/t14-,15+,17+,18-,21+/m0/s1. The minimum atomic E-state index is -0.258. The summed E-state index contributed by atoms with van der Waals surface area (Å²) in [5, 5.41) is 0. The Labute approximate surface area is 151 Å². The van der Waals surface area contributed by atoms with Crippen LogP contribution in [0, 0.1) is 34.5 Å². The van der Waals surface area contributed by atoms with E-state index < -0.39 is 0 Å². The molecule has 2 saturated carbocycles. The molecule has 0 bridgehead atoms. The highest BCUT2D eigenvalue weighted by Crippen LogP contribution is 2.63. The summed E-state index contributed by atoms with van der Waals surface area (Å²) in [6.07, 6.45) is 5.82. The van der Waals surface area contributed by atoms with Crippen molar-refractivity contribution in [1.82, 2.24) is 0 Å². The van der Waals surface area contributed by atoms with E-state index in [0.717, 1.165) is 19.3 Å². The SMILES string of the molecule is C=C1CCCC(C)(C)[C@@H]2CC[C@@](C)([C@@H]3C(=O)OC[C@@H]3CC(=O)OC)[C@H]12. The normalized spacial score (nSPS) is 40.3. The summed E-state index contributed by atoms with van der Waals surface area (Å²) in [5.74, 6) is 0.189. The first-order valence-electron chi connectivity index (χ1n) is 9.62. The van der Waals surface area contributed by atoms with Gasteiger partial charge in [0.15, 0.2) is 0 Å². The van der Waals surface area contributed by atoms with Crippen molar-refractivity contribution in [2.24, 2.45) is 34.5 Å². The number of cyclic esters (lactones) is 1. The average molecular weight is 348 g/mol. The summed E-state index contributed by atoms with van der Waals surface area (Å²) in [6, 6.07) is 0. The zero-order chi connectivity index (χ0) is 18.4. The minimum absolute atomic E-state index is 0.0807. The van der Waals surface area contributed by atoms with Gasteiger partial charge in [-0.15, -0.1) is 0 Å². The van der Waals surface area contributed by atoms with E-state index in [1.807, 2.05) is 0 Å². The van der Waals surface area contributed by atoms with E-state index in [4.69, 9.17) is 9.47 Å². The second-order valence-corrected chi connectivity index (χ2v) is 9.28. The van der Waals surface area contributed by atoms with Gasteiger partial charge in [-0.05, 0) is 54.8 Å². The van der Waals surface area contributed by atoms with Gasteiger partial charge in [-0.1, -0.05) is 32.9 Å². The fourth-order valence-electron chi connectivity index (χ4n) is 6.15. The van der Waals surface area contributed by atoms with Crippen molar-refractivity contribution >= 4 is 11.9 Å². The molecule has 4 nitrogen and oxygen atoms in total. The van der Waals surface area contributed by atoms with E-state index in [0.29, 0.717) is 18.4 Å². The van der Waals surface area contributed by atoms with Crippen molar-refractivity contribution < 1.29 is 19.1 Å². The van der Waals surface area contributed by atoms with E-state index in [-0.39, 0.29) is 41.0 Å². The molecular weight excluding hydrogens is 316 g/mol. The van der Waals surface area contributed by atoms with Crippen molar-refractivity contribution in [3.8, 4) is 0 Å². The van der Waals surface area contributed by atoms with Crippen LogP contribution in [0.5, 0.6) is 0 Å². The highest BCUT2D eigenvalue weighted by Gasteiger charge is 2.60.